The Kier molecular flexibility index (Phi) is 5.39. The quantitative estimate of drug-likeness (QED) is 0.567. The molecule has 1 saturated heterocycles. The highest BCUT2D eigenvalue weighted by molar-refractivity contribution is 7.80. The van der Waals surface area contributed by atoms with Gasteiger partial charge in [0, 0.05) is 41.0 Å². The van der Waals surface area contributed by atoms with Crippen molar-refractivity contribution in [1.82, 2.24) is 10.2 Å². The molecular weight excluding hydrogens is 372 g/mol. The number of hydrogen-bond donors (Lipinski definition) is 2. The van der Waals surface area contributed by atoms with Gasteiger partial charge in [0.25, 0.3) is 0 Å². The summed E-state index contributed by atoms with van der Waals surface area (Å²) in [5.41, 5.74) is 7.25. The van der Waals surface area contributed by atoms with E-state index in [-0.39, 0.29) is 0 Å². The summed E-state index contributed by atoms with van der Waals surface area (Å²) < 4.78 is 0. The van der Waals surface area contributed by atoms with E-state index in [4.69, 9.17) is 0 Å². The average molecular weight is 405 g/mol. The zero-order chi connectivity index (χ0) is 20.8. The van der Waals surface area contributed by atoms with Crippen LogP contribution in [0.15, 0.2) is 53.9 Å². The second-order valence-corrected chi connectivity index (χ2v) is 10.3. The Bertz CT molecular complexity index is 944. The SMILES string of the molecule is C=C1NC(c2ccc(C(C)N3CC(CC(C)(C)C)C3)cc2)=Cc2c(S)cccc21. The summed E-state index contributed by atoms with van der Waals surface area (Å²) in [6, 6.07) is 15.6. The fourth-order valence-corrected chi connectivity index (χ4v) is 4.88. The lowest BCUT2D eigenvalue weighted by Gasteiger charge is -2.45. The lowest BCUT2D eigenvalue weighted by molar-refractivity contribution is 0.0360. The van der Waals surface area contributed by atoms with Crippen LogP contribution in [0.4, 0.5) is 0 Å². The molecule has 1 atom stereocenters. The van der Waals surface area contributed by atoms with Crippen LogP contribution in [-0.4, -0.2) is 18.0 Å². The molecule has 0 bridgehead atoms. The zero-order valence-electron chi connectivity index (χ0n) is 18.0. The Balaban J connectivity index is 1.46. The minimum absolute atomic E-state index is 0.428. The van der Waals surface area contributed by atoms with Crippen LogP contribution in [0, 0.1) is 11.3 Å². The third-order valence-electron chi connectivity index (χ3n) is 6.12. The number of thiol groups is 1. The fraction of sp³-hybridized carbons (Fsp3) is 0.385. The zero-order valence-corrected chi connectivity index (χ0v) is 18.9. The van der Waals surface area contributed by atoms with Crippen LogP contribution < -0.4 is 5.32 Å². The molecule has 0 aliphatic carbocycles. The Hall–Kier alpha value is -1.97. The molecule has 2 heterocycles. The van der Waals surface area contributed by atoms with E-state index in [1.807, 2.05) is 12.1 Å². The molecule has 1 fully saturated rings. The van der Waals surface area contributed by atoms with Crippen molar-refractivity contribution in [2.75, 3.05) is 13.1 Å². The van der Waals surface area contributed by atoms with Gasteiger partial charge in [-0.3, -0.25) is 4.90 Å². The molecule has 1 unspecified atom stereocenters. The van der Waals surface area contributed by atoms with Gasteiger partial charge in [-0.05, 0) is 53.5 Å². The van der Waals surface area contributed by atoms with Gasteiger partial charge in [-0.1, -0.05) is 63.7 Å². The number of benzene rings is 2. The normalized spacial score (nSPS) is 18.5. The Morgan fingerprint density at radius 2 is 1.83 bits per heavy atom. The van der Waals surface area contributed by atoms with E-state index in [9.17, 15) is 0 Å². The number of hydrogen-bond acceptors (Lipinski definition) is 3. The summed E-state index contributed by atoms with van der Waals surface area (Å²) in [7, 11) is 0. The predicted octanol–water partition coefficient (Wildman–Crippen LogP) is 6.48. The first-order valence-corrected chi connectivity index (χ1v) is 11.0. The molecule has 2 aromatic carbocycles. The van der Waals surface area contributed by atoms with Gasteiger partial charge in [-0.2, -0.15) is 0 Å². The number of rotatable bonds is 4. The molecule has 0 spiro atoms. The van der Waals surface area contributed by atoms with E-state index >= 15 is 0 Å². The van der Waals surface area contributed by atoms with E-state index in [0.717, 1.165) is 33.3 Å². The third kappa shape index (κ3) is 4.31. The summed E-state index contributed by atoms with van der Waals surface area (Å²) >= 11 is 4.63. The van der Waals surface area contributed by atoms with Gasteiger partial charge in [-0.15, -0.1) is 12.6 Å². The molecule has 2 aliphatic heterocycles. The molecule has 1 N–H and O–H groups in total. The van der Waals surface area contributed by atoms with Crippen molar-refractivity contribution in [3.8, 4) is 0 Å². The second-order valence-electron chi connectivity index (χ2n) is 9.78. The topological polar surface area (TPSA) is 15.3 Å². The van der Waals surface area contributed by atoms with E-state index in [0.29, 0.717) is 11.5 Å². The van der Waals surface area contributed by atoms with Gasteiger partial charge in [-0.25, -0.2) is 0 Å². The Morgan fingerprint density at radius 1 is 1.14 bits per heavy atom. The van der Waals surface area contributed by atoms with Crippen molar-refractivity contribution in [1.29, 1.82) is 0 Å². The number of fused-ring (bicyclic) bond motifs is 1. The van der Waals surface area contributed by atoms with E-state index < -0.39 is 0 Å². The third-order valence-corrected chi connectivity index (χ3v) is 6.51. The van der Waals surface area contributed by atoms with Crippen molar-refractivity contribution < 1.29 is 0 Å². The lowest BCUT2D eigenvalue weighted by atomic mass is 9.80. The molecule has 0 saturated carbocycles. The predicted molar refractivity (Wildman–Crippen MR) is 128 cm³/mol. The number of nitrogens with zero attached hydrogens (tertiary/aromatic N) is 1. The highest BCUT2D eigenvalue weighted by Crippen LogP contribution is 2.36. The lowest BCUT2D eigenvalue weighted by Crippen LogP contribution is -2.48. The van der Waals surface area contributed by atoms with Gasteiger partial charge in [0.2, 0.25) is 0 Å². The van der Waals surface area contributed by atoms with Gasteiger partial charge in [0.05, 0.1) is 0 Å². The van der Waals surface area contributed by atoms with Crippen LogP contribution in [0.3, 0.4) is 0 Å². The monoisotopic (exact) mass is 404 g/mol. The van der Waals surface area contributed by atoms with Crippen LogP contribution >= 0.6 is 12.6 Å². The highest BCUT2D eigenvalue weighted by atomic mass is 32.1. The average Bonchev–Trinajstić information content (AvgIpc) is 2.64. The molecule has 3 heteroatoms. The summed E-state index contributed by atoms with van der Waals surface area (Å²) in [6.07, 6.45) is 3.49. The largest absolute Gasteiger partial charge is 0.355 e. The maximum absolute atomic E-state index is 4.63. The first kappa shape index (κ1) is 20.3. The van der Waals surface area contributed by atoms with Crippen molar-refractivity contribution in [2.45, 2.75) is 45.1 Å². The van der Waals surface area contributed by atoms with Gasteiger partial charge in [0.1, 0.15) is 0 Å². The van der Waals surface area contributed by atoms with Crippen LogP contribution in [0.1, 0.15) is 62.4 Å². The van der Waals surface area contributed by atoms with Gasteiger partial charge in [0.15, 0.2) is 0 Å². The molecule has 2 aromatic rings. The Labute approximate surface area is 181 Å². The fourth-order valence-electron chi connectivity index (χ4n) is 4.61. The van der Waals surface area contributed by atoms with Crippen LogP contribution in [0.25, 0.3) is 17.5 Å². The summed E-state index contributed by atoms with van der Waals surface area (Å²) in [4.78, 5) is 3.57. The van der Waals surface area contributed by atoms with Crippen LogP contribution in [0.2, 0.25) is 0 Å². The molecule has 2 aliphatic rings. The first-order valence-electron chi connectivity index (χ1n) is 10.6. The molecule has 4 rings (SSSR count). The summed E-state index contributed by atoms with van der Waals surface area (Å²) in [6.45, 7) is 16.0. The van der Waals surface area contributed by atoms with E-state index in [1.54, 1.807) is 0 Å². The van der Waals surface area contributed by atoms with Crippen LogP contribution in [-0.2, 0) is 0 Å². The maximum Gasteiger partial charge on any atom is 0.0464 e. The van der Waals surface area contributed by atoms with E-state index in [1.165, 1.54) is 30.6 Å². The summed E-state index contributed by atoms with van der Waals surface area (Å²) in [5, 5.41) is 3.46. The maximum atomic E-state index is 4.63. The minimum Gasteiger partial charge on any atom is -0.355 e. The van der Waals surface area contributed by atoms with Crippen molar-refractivity contribution >= 4 is 30.1 Å². The summed E-state index contributed by atoms with van der Waals surface area (Å²) in [5.74, 6) is 0.842. The van der Waals surface area contributed by atoms with Crippen molar-refractivity contribution in [2.24, 2.45) is 11.3 Å². The van der Waals surface area contributed by atoms with E-state index in [2.05, 4.69) is 93.5 Å². The van der Waals surface area contributed by atoms with Gasteiger partial charge >= 0.3 is 0 Å². The smallest absolute Gasteiger partial charge is 0.0464 e. The van der Waals surface area contributed by atoms with Crippen molar-refractivity contribution in [3.63, 3.8) is 0 Å². The molecule has 0 aromatic heterocycles. The highest BCUT2D eigenvalue weighted by Gasteiger charge is 2.33. The molecular formula is C26H32N2S. The number of nitrogens with one attached hydrogen (secondary N) is 1. The molecule has 0 amide bonds. The van der Waals surface area contributed by atoms with Gasteiger partial charge < -0.3 is 5.32 Å². The molecule has 29 heavy (non-hydrogen) atoms. The molecule has 152 valence electrons. The number of likely N-dealkylation sites (tertiary alicyclic amines) is 1. The standard InChI is InChI=1S/C26H32N2S/c1-17-22-7-6-8-25(29)23(22)13-24(27-17)21-11-9-20(10-12-21)18(2)28-15-19(16-28)14-26(3,4)5/h6-13,18-19,27,29H,1,14-16H2,2-5H3. The van der Waals surface area contributed by atoms with Crippen molar-refractivity contribution in [3.05, 3.63) is 71.3 Å². The first-order chi connectivity index (χ1) is 13.7. The molecule has 2 nitrogen and oxygen atoms in total. The van der Waals surface area contributed by atoms with Crippen LogP contribution in [0.5, 0.6) is 0 Å². The second kappa shape index (κ2) is 7.70. The Morgan fingerprint density at radius 3 is 2.48 bits per heavy atom. The minimum atomic E-state index is 0.428. The molecule has 0 radical (unpaired) electrons.